The van der Waals surface area contributed by atoms with Crippen molar-refractivity contribution < 1.29 is 31.5 Å². The fourth-order valence-corrected chi connectivity index (χ4v) is 3.17. The quantitative estimate of drug-likeness (QED) is 0.407. The fraction of sp³-hybridized carbons (Fsp3) is 0.588. The number of benzene rings is 1. The monoisotopic (exact) mass is 350 g/mol. The number of carbonyl (C=O) groups excluding carboxylic acids is 1. The van der Waals surface area contributed by atoms with Crippen LogP contribution in [0.15, 0.2) is 12.1 Å². The molecule has 0 amide bonds. The van der Waals surface area contributed by atoms with Crippen molar-refractivity contribution in [2.75, 3.05) is 0 Å². The summed E-state index contributed by atoms with van der Waals surface area (Å²) in [6, 6.07) is 0.791. The lowest BCUT2D eigenvalue weighted by atomic mass is 9.80. The molecule has 1 aliphatic carbocycles. The molecule has 24 heavy (non-hydrogen) atoms. The highest BCUT2D eigenvalue weighted by Gasteiger charge is 2.38. The Labute approximate surface area is 137 Å². The van der Waals surface area contributed by atoms with Crippen molar-refractivity contribution in [1.82, 2.24) is 0 Å². The minimum atomic E-state index is -5.14. The summed E-state index contributed by atoms with van der Waals surface area (Å²) >= 11 is 0. The molecular weight excluding hydrogens is 331 g/mol. The predicted molar refractivity (Wildman–Crippen MR) is 77.4 cm³/mol. The van der Waals surface area contributed by atoms with Gasteiger partial charge in [-0.2, -0.15) is 13.2 Å². The highest BCUT2D eigenvalue weighted by molar-refractivity contribution is 5.75. The zero-order chi connectivity index (χ0) is 17.9. The third-order valence-corrected chi connectivity index (χ3v) is 4.39. The molecule has 0 spiro atoms. The molecule has 0 aliphatic heterocycles. The van der Waals surface area contributed by atoms with E-state index in [1.807, 2.05) is 0 Å². The maximum atomic E-state index is 13.5. The van der Waals surface area contributed by atoms with Gasteiger partial charge in [-0.25, -0.2) is 8.78 Å². The zero-order valence-corrected chi connectivity index (χ0v) is 13.3. The van der Waals surface area contributed by atoms with Crippen LogP contribution in [0.25, 0.3) is 0 Å². The number of halogens is 5. The molecule has 0 heterocycles. The number of alkyl halides is 3. The van der Waals surface area contributed by atoms with Gasteiger partial charge in [-0.1, -0.05) is 19.8 Å². The Hall–Kier alpha value is -1.66. The highest BCUT2D eigenvalue weighted by Crippen LogP contribution is 2.36. The van der Waals surface area contributed by atoms with E-state index in [2.05, 4.69) is 6.92 Å². The molecule has 134 valence electrons. The summed E-state index contributed by atoms with van der Waals surface area (Å²) in [5.74, 6) is -4.59. The molecular formula is C17H19F5O2. The van der Waals surface area contributed by atoms with E-state index in [1.165, 1.54) is 0 Å². The summed E-state index contributed by atoms with van der Waals surface area (Å²) in [6.45, 7) is 2.09. The van der Waals surface area contributed by atoms with Crippen LogP contribution in [-0.2, 0) is 11.0 Å². The van der Waals surface area contributed by atoms with Crippen LogP contribution in [0.3, 0.4) is 0 Å². The molecule has 0 saturated heterocycles. The van der Waals surface area contributed by atoms with Crippen LogP contribution in [0.2, 0.25) is 0 Å². The summed E-state index contributed by atoms with van der Waals surface area (Å²) in [5, 5.41) is 0. The summed E-state index contributed by atoms with van der Waals surface area (Å²) in [6.07, 6.45) is 0.0201. The Morgan fingerprint density at radius 1 is 1.12 bits per heavy atom. The first-order valence-corrected chi connectivity index (χ1v) is 8.00. The SMILES string of the molecule is CCCC1CCC(C(=O)Oc2cc(F)c(C(F)(F)F)c(F)c2)CC1. The molecule has 0 radical (unpaired) electrons. The number of rotatable bonds is 4. The number of esters is 1. The molecule has 1 aromatic carbocycles. The number of carbonyl (C=O) groups is 1. The van der Waals surface area contributed by atoms with Crippen LogP contribution in [0.5, 0.6) is 5.75 Å². The second-order valence-corrected chi connectivity index (χ2v) is 6.19. The molecule has 7 heteroatoms. The average molecular weight is 350 g/mol. The van der Waals surface area contributed by atoms with Gasteiger partial charge in [0.05, 0.1) is 5.92 Å². The lowest BCUT2D eigenvalue weighted by molar-refractivity contribution is -0.142. The number of hydrogen-bond acceptors (Lipinski definition) is 2. The first-order chi connectivity index (χ1) is 11.2. The summed E-state index contributed by atoms with van der Waals surface area (Å²) in [5.41, 5.74) is -1.98. The Morgan fingerprint density at radius 2 is 1.67 bits per heavy atom. The van der Waals surface area contributed by atoms with Crippen molar-refractivity contribution >= 4 is 5.97 Å². The van der Waals surface area contributed by atoms with E-state index in [-0.39, 0.29) is 5.92 Å². The van der Waals surface area contributed by atoms with Crippen molar-refractivity contribution in [3.8, 4) is 5.75 Å². The largest absolute Gasteiger partial charge is 0.426 e. The van der Waals surface area contributed by atoms with Gasteiger partial charge in [0.15, 0.2) is 0 Å². The van der Waals surface area contributed by atoms with Gasteiger partial charge in [0, 0.05) is 12.1 Å². The molecule has 0 atom stereocenters. The molecule has 0 N–H and O–H groups in total. The van der Waals surface area contributed by atoms with E-state index < -0.39 is 35.1 Å². The molecule has 1 aromatic rings. The Balaban J connectivity index is 2.03. The van der Waals surface area contributed by atoms with E-state index in [0.717, 1.165) is 25.7 Å². The van der Waals surface area contributed by atoms with E-state index in [4.69, 9.17) is 4.74 Å². The predicted octanol–water partition coefficient (Wildman–Crippen LogP) is 5.50. The zero-order valence-electron chi connectivity index (χ0n) is 13.3. The van der Waals surface area contributed by atoms with E-state index in [1.54, 1.807) is 0 Å². The van der Waals surface area contributed by atoms with Gasteiger partial charge < -0.3 is 4.74 Å². The topological polar surface area (TPSA) is 26.3 Å². The second kappa shape index (κ2) is 7.49. The van der Waals surface area contributed by atoms with Gasteiger partial charge in [0.2, 0.25) is 0 Å². The molecule has 0 bridgehead atoms. The third-order valence-electron chi connectivity index (χ3n) is 4.39. The van der Waals surface area contributed by atoms with Crippen LogP contribution >= 0.6 is 0 Å². The summed E-state index contributed by atoms with van der Waals surface area (Å²) in [7, 11) is 0. The maximum Gasteiger partial charge on any atom is 0.422 e. The molecule has 1 fully saturated rings. The van der Waals surface area contributed by atoms with Gasteiger partial charge in [0.1, 0.15) is 22.9 Å². The molecule has 0 aromatic heterocycles. The summed E-state index contributed by atoms with van der Waals surface area (Å²) in [4.78, 5) is 12.0. The Kier molecular flexibility index (Phi) is 5.83. The lowest BCUT2D eigenvalue weighted by Crippen LogP contribution is -2.26. The standard InChI is InChI=1S/C17H19F5O2/c1-2-3-10-4-6-11(7-5-10)16(23)24-12-8-13(18)15(14(19)9-12)17(20,21)22/h8-11H,2-7H2,1H3. The first-order valence-electron chi connectivity index (χ1n) is 8.00. The normalized spacial score (nSPS) is 21.6. The maximum absolute atomic E-state index is 13.5. The van der Waals surface area contributed by atoms with Crippen molar-refractivity contribution in [2.24, 2.45) is 11.8 Å². The number of hydrogen-bond donors (Lipinski definition) is 0. The fourth-order valence-electron chi connectivity index (χ4n) is 3.17. The van der Waals surface area contributed by atoms with Crippen molar-refractivity contribution in [3.05, 3.63) is 29.3 Å². The lowest BCUT2D eigenvalue weighted by Gasteiger charge is -2.26. The van der Waals surface area contributed by atoms with Crippen molar-refractivity contribution in [1.29, 1.82) is 0 Å². The minimum absolute atomic E-state index is 0.383. The molecule has 1 aliphatic rings. The smallest absolute Gasteiger partial charge is 0.422 e. The molecule has 2 nitrogen and oxygen atoms in total. The van der Waals surface area contributed by atoms with Crippen LogP contribution in [-0.4, -0.2) is 5.97 Å². The van der Waals surface area contributed by atoms with Crippen LogP contribution in [0.1, 0.15) is 51.0 Å². The average Bonchev–Trinajstić information content (AvgIpc) is 2.46. The molecule has 0 unspecified atom stereocenters. The Morgan fingerprint density at radius 3 is 2.12 bits per heavy atom. The van der Waals surface area contributed by atoms with Gasteiger partial charge in [0.25, 0.3) is 0 Å². The second-order valence-electron chi connectivity index (χ2n) is 6.19. The van der Waals surface area contributed by atoms with Crippen LogP contribution in [0.4, 0.5) is 22.0 Å². The van der Waals surface area contributed by atoms with E-state index in [9.17, 15) is 26.7 Å². The van der Waals surface area contributed by atoms with Crippen LogP contribution < -0.4 is 4.74 Å². The summed E-state index contributed by atoms with van der Waals surface area (Å²) < 4.78 is 69.4. The van der Waals surface area contributed by atoms with Gasteiger partial charge >= 0.3 is 12.1 Å². The van der Waals surface area contributed by atoms with Gasteiger partial charge in [-0.15, -0.1) is 0 Å². The highest BCUT2D eigenvalue weighted by atomic mass is 19.4. The van der Waals surface area contributed by atoms with Gasteiger partial charge in [-0.05, 0) is 31.6 Å². The third kappa shape index (κ3) is 4.45. The van der Waals surface area contributed by atoms with E-state index >= 15 is 0 Å². The Bertz CT molecular complexity index is 566. The van der Waals surface area contributed by atoms with Crippen molar-refractivity contribution in [2.45, 2.75) is 51.6 Å². The van der Waals surface area contributed by atoms with Crippen molar-refractivity contribution in [3.63, 3.8) is 0 Å². The number of ether oxygens (including phenoxy) is 1. The van der Waals surface area contributed by atoms with E-state index in [0.29, 0.717) is 30.9 Å². The minimum Gasteiger partial charge on any atom is -0.426 e. The van der Waals surface area contributed by atoms with Crippen LogP contribution in [0, 0.1) is 23.5 Å². The van der Waals surface area contributed by atoms with Gasteiger partial charge in [-0.3, -0.25) is 4.79 Å². The molecule has 2 rings (SSSR count). The first kappa shape index (κ1) is 18.7. The molecule has 1 saturated carbocycles.